The second-order valence-electron chi connectivity index (χ2n) is 8.31. The molecule has 0 saturated carbocycles. The number of nitrogens with zero attached hydrogens (tertiary/aromatic N) is 1. The number of alkyl halides is 3. The molecule has 0 fully saturated rings. The molecule has 0 heterocycles. The van der Waals surface area contributed by atoms with E-state index in [2.05, 4.69) is 0 Å². The third kappa shape index (κ3) is 5.00. The number of hydrogen-bond acceptors (Lipinski definition) is 4. The Balaban J connectivity index is 2.01. The van der Waals surface area contributed by atoms with E-state index in [9.17, 15) is 28.3 Å². The average Bonchev–Trinajstić information content (AvgIpc) is 2.77. The Labute approximate surface area is 215 Å². The van der Waals surface area contributed by atoms with Gasteiger partial charge in [-0.25, -0.2) is 4.79 Å². The van der Waals surface area contributed by atoms with Crippen molar-refractivity contribution in [2.24, 2.45) is 0 Å². The normalized spacial score (nSPS) is 14.0. The maximum atomic E-state index is 14.4. The minimum Gasteiger partial charge on any atom is -0.478 e. The van der Waals surface area contributed by atoms with Crippen LogP contribution in [0.15, 0.2) is 48.5 Å². The van der Waals surface area contributed by atoms with E-state index in [1.165, 1.54) is 57.2 Å². The zero-order chi connectivity index (χ0) is 27.0. The van der Waals surface area contributed by atoms with Gasteiger partial charge in [0, 0.05) is 17.0 Å². The molecule has 5 nitrogen and oxygen atoms in total. The molecule has 3 aromatic carbocycles. The summed E-state index contributed by atoms with van der Waals surface area (Å²) >= 11 is 12.3. The van der Waals surface area contributed by atoms with Crippen LogP contribution in [-0.4, -0.2) is 22.4 Å². The predicted octanol–water partition coefficient (Wildman–Crippen LogP) is 7.53. The molecule has 2 N–H and O–H groups in total. The number of aromatic carboxylic acids is 1. The summed E-state index contributed by atoms with van der Waals surface area (Å²) in [7, 11) is 0. The van der Waals surface area contributed by atoms with Gasteiger partial charge in [-0.15, -0.1) is 0 Å². The van der Waals surface area contributed by atoms with Crippen molar-refractivity contribution >= 4 is 29.2 Å². The van der Waals surface area contributed by atoms with Crippen LogP contribution in [0, 0.1) is 25.2 Å². The van der Waals surface area contributed by atoms with Crippen LogP contribution >= 0.6 is 23.2 Å². The van der Waals surface area contributed by atoms with E-state index in [1.807, 2.05) is 6.07 Å². The minimum atomic E-state index is -5.07. The first kappa shape index (κ1) is 27.3. The number of halogens is 5. The molecule has 0 aliphatic rings. The fraction of sp³-hybridized carbons (Fsp3) is 0.231. The van der Waals surface area contributed by atoms with Gasteiger partial charge in [-0.3, -0.25) is 0 Å². The highest BCUT2D eigenvalue weighted by Crippen LogP contribution is 2.50. The number of nitriles is 1. The van der Waals surface area contributed by atoms with E-state index in [4.69, 9.17) is 33.0 Å². The topological polar surface area (TPSA) is 90.6 Å². The van der Waals surface area contributed by atoms with E-state index in [-0.39, 0.29) is 38.2 Å². The number of ether oxygens (including phenoxy) is 1. The molecule has 10 heteroatoms. The highest BCUT2D eigenvalue weighted by Gasteiger charge is 2.59. The number of carboxylic acid groups (broad SMARTS) is 1. The lowest BCUT2D eigenvalue weighted by Gasteiger charge is -2.37. The van der Waals surface area contributed by atoms with Crippen LogP contribution in [-0.2, 0) is 5.60 Å². The molecule has 0 bridgehead atoms. The predicted molar refractivity (Wildman–Crippen MR) is 129 cm³/mol. The smallest absolute Gasteiger partial charge is 0.422 e. The number of rotatable bonds is 6. The molecule has 3 aromatic rings. The summed E-state index contributed by atoms with van der Waals surface area (Å²) in [5.41, 5.74) is -2.95. The Morgan fingerprint density at radius 2 is 1.53 bits per heavy atom. The van der Waals surface area contributed by atoms with Gasteiger partial charge in [0.25, 0.3) is 0 Å². The molecule has 188 valence electrons. The average molecular weight is 538 g/mol. The van der Waals surface area contributed by atoms with Gasteiger partial charge >= 0.3 is 12.1 Å². The Morgan fingerprint density at radius 3 is 1.97 bits per heavy atom. The number of carboxylic acids is 1. The van der Waals surface area contributed by atoms with Gasteiger partial charge < -0.3 is 14.9 Å². The molecule has 3 rings (SSSR count). The Hall–Kier alpha value is -3.25. The molecule has 0 aliphatic carbocycles. The number of hydrogen-bond donors (Lipinski definition) is 2. The van der Waals surface area contributed by atoms with Gasteiger partial charge in [-0.1, -0.05) is 48.3 Å². The molecule has 0 spiro atoms. The van der Waals surface area contributed by atoms with E-state index in [1.54, 1.807) is 0 Å². The van der Waals surface area contributed by atoms with Crippen molar-refractivity contribution in [1.82, 2.24) is 0 Å². The second kappa shape index (κ2) is 10.0. The van der Waals surface area contributed by atoms with Crippen LogP contribution < -0.4 is 4.74 Å². The highest BCUT2D eigenvalue weighted by atomic mass is 35.5. The van der Waals surface area contributed by atoms with Crippen molar-refractivity contribution in [3.63, 3.8) is 0 Å². The highest BCUT2D eigenvalue weighted by molar-refractivity contribution is 6.33. The molecule has 0 amide bonds. The monoisotopic (exact) mass is 537 g/mol. The fourth-order valence-corrected chi connectivity index (χ4v) is 4.62. The zero-order valence-corrected chi connectivity index (χ0v) is 20.8. The van der Waals surface area contributed by atoms with Crippen molar-refractivity contribution in [2.45, 2.75) is 38.5 Å². The van der Waals surface area contributed by atoms with Crippen LogP contribution in [0.25, 0.3) is 0 Å². The maximum Gasteiger partial charge on any atom is 0.422 e. The number of benzene rings is 3. The summed E-state index contributed by atoms with van der Waals surface area (Å²) in [5.74, 6) is -2.39. The number of aliphatic hydroxyl groups is 1. The molecule has 36 heavy (non-hydrogen) atoms. The fourth-order valence-electron chi connectivity index (χ4n) is 4.04. The van der Waals surface area contributed by atoms with Crippen LogP contribution in [0.2, 0.25) is 10.0 Å². The van der Waals surface area contributed by atoms with E-state index in [0.29, 0.717) is 11.1 Å². The first-order valence-corrected chi connectivity index (χ1v) is 11.3. The molecule has 0 saturated heterocycles. The van der Waals surface area contributed by atoms with Crippen molar-refractivity contribution in [2.75, 3.05) is 0 Å². The van der Waals surface area contributed by atoms with Gasteiger partial charge in [0.1, 0.15) is 11.5 Å². The van der Waals surface area contributed by atoms with Crippen molar-refractivity contribution < 1.29 is 32.9 Å². The molecule has 0 aromatic heterocycles. The molecule has 0 aliphatic heterocycles. The summed E-state index contributed by atoms with van der Waals surface area (Å²) in [6, 6.07) is 12.2. The maximum absolute atomic E-state index is 14.4. The van der Waals surface area contributed by atoms with Crippen LogP contribution in [0.3, 0.4) is 0 Å². The summed E-state index contributed by atoms with van der Waals surface area (Å²) in [6.07, 6.45) is -5.07. The standard InChI is InChI=1S/C26H20Cl2F3NO4/c1-13-8-16(9-14(2)21(13)12-32)25(35,26(29,30)31)15(3)19-6-4-17(10-22(19)27)36-18-5-7-20(24(33)34)23(28)11-18/h4-11,15,35H,1-3H3,(H,33,34). The minimum absolute atomic E-state index is 0.0164. The summed E-state index contributed by atoms with van der Waals surface area (Å²) in [6.45, 7) is 4.22. The van der Waals surface area contributed by atoms with Gasteiger partial charge in [0.2, 0.25) is 0 Å². The van der Waals surface area contributed by atoms with Gasteiger partial charge in [-0.2, -0.15) is 18.4 Å². The number of carbonyl (C=O) groups is 1. The Morgan fingerprint density at radius 1 is 1.00 bits per heavy atom. The van der Waals surface area contributed by atoms with Crippen molar-refractivity contribution in [3.8, 4) is 17.6 Å². The van der Waals surface area contributed by atoms with Crippen molar-refractivity contribution in [1.29, 1.82) is 5.26 Å². The van der Waals surface area contributed by atoms with Gasteiger partial charge in [0.15, 0.2) is 5.60 Å². The first-order chi connectivity index (χ1) is 16.7. The Bertz CT molecular complexity index is 1360. The zero-order valence-electron chi connectivity index (χ0n) is 19.2. The van der Waals surface area contributed by atoms with Crippen LogP contribution in [0.4, 0.5) is 13.2 Å². The third-order valence-corrected chi connectivity index (χ3v) is 6.63. The lowest BCUT2D eigenvalue weighted by molar-refractivity contribution is -0.274. The lowest BCUT2D eigenvalue weighted by Crippen LogP contribution is -2.46. The SMILES string of the molecule is Cc1cc(C(O)(C(C)c2ccc(Oc3ccc(C(=O)O)c(Cl)c3)cc2Cl)C(F)(F)F)cc(C)c1C#N. The molecule has 2 atom stereocenters. The van der Waals surface area contributed by atoms with Crippen molar-refractivity contribution in [3.05, 3.63) is 92.0 Å². The summed E-state index contributed by atoms with van der Waals surface area (Å²) < 4.78 is 48.7. The Kier molecular flexibility index (Phi) is 7.61. The largest absolute Gasteiger partial charge is 0.478 e. The van der Waals surface area contributed by atoms with E-state index >= 15 is 0 Å². The summed E-state index contributed by atoms with van der Waals surface area (Å²) in [4.78, 5) is 11.1. The van der Waals surface area contributed by atoms with Gasteiger partial charge in [-0.05, 0) is 60.4 Å². The van der Waals surface area contributed by atoms with Crippen LogP contribution in [0.5, 0.6) is 11.5 Å². The molecular weight excluding hydrogens is 518 g/mol. The third-order valence-electron chi connectivity index (χ3n) is 5.99. The number of aryl methyl sites for hydroxylation is 2. The summed E-state index contributed by atoms with van der Waals surface area (Å²) in [5, 5.41) is 29.3. The molecular formula is C26H20Cl2F3NO4. The second-order valence-corrected chi connectivity index (χ2v) is 9.13. The van der Waals surface area contributed by atoms with Crippen LogP contribution in [0.1, 0.15) is 51.0 Å². The first-order valence-electron chi connectivity index (χ1n) is 10.5. The lowest BCUT2D eigenvalue weighted by atomic mass is 9.76. The van der Waals surface area contributed by atoms with E-state index < -0.39 is 29.2 Å². The van der Waals surface area contributed by atoms with E-state index in [0.717, 1.165) is 12.1 Å². The van der Waals surface area contributed by atoms with Gasteiger partial charge in [0.05, 0.1) is 22.2 Å². The quantitative estimate of drug-likeness (QED) is 0.339. The molecule has 2 unspecified atom stereocenters. The molecule has 0 radical (unpaired) electrons.